The van der Waals surface area contributed by atoms with E-state index in [0.717, 1.165) is 17.3 Å². The fourth-order valence-electron chi connectivity index (χ4n) is 2.80. The largest absolute Gasteiger partial charge is 0.435 e. The number of anilines is 1. The maximum Gasteiger partial charge on any atom is 0.435 e. The first-order valence-electron chi connectivity index (χ1n) is 9.15. The lowest BCUT2D eigenvalue weighted by Gasteiger charge is -2.09. The van der Waals surface area contributed by atoms with Crippen LogP contribution in [0.2, 0.25) is 5.02 Å². The summed E-state index contributed by atoms with van der Waals surface area (Å²) in [6, 6.07) is 8.59. The van der Waals surface area contributed by atoms with Crippen molar-refractivity contribution in [1.29, 1.82) is 0 Å². The third-order valence-electron chi connectivity index (χ3n) is 4.29. The summed E-state index contributed by atoms with van der Waals surface area (Å²) >= 11 is 11.4. The number of rotatable bonds is 7. The zero-order valence-electron chi connectivity index (χ0n) is 16.1. The predicted octanol–water partition coefficient (Wildman–Crippen LogP) is 4.49. The fraction of sp³-hybridized carbons (Fsp3) is 0.316. The van der Waals surface area contributed by atoms with E-state index in [9.17, 15) is 13.2 Å². The third-order valence-corrected chi connectivity index (χ3v) is 4.90. The van der Waals surface area contributed by atoms with Crippen LogP contribution in [0.5, 0.6) is 0 Å². The minimum Gasteiger partial charge on any atom is -0.362 e. The van der Waals surface area contributed by atoms with Crippen LogP contribution in [0.15, 0.2) is 42.7 Å². The van der Waals surface area contributed by atoms with E-state index in [1.165, 1.54) is 4.68 Å². The van der Waals surface area contributed by atoms with Crippen molar-refractivity contribution in [2.45, 2.75) is 32.6 Å². The van der Waals surface area contributed by atoms with Crippen LogP contribution in [0.1, 0.15) is 23.4 Å². The van der Waals surface area contributed by atoms with E-state index in [1.807, 2.05) is 30.5 Å². The molecule has 0 aliphatic carbocycles. The summed E-state index contributed by atoms with van der Waals surface area (Å²) in [5, 5.41) is 15.0. The van der Waals surface area contributed by atoms with Gasteiger partial charge in [-0.3, -0.25) is 9.36 Å². The van der Waals surface area contributed by atoms with Crippen molar-refractivity contribution in [3.05, 3.63) is 64.7 Å². The first-order chi connectivity index (χ1) is 14.2. The number of nitrogens with zero attached hydrogens (tertiary/aromatic N) is 4. The molecule has 3 rings (SSSR count). The van der Waals surface area contributed by atoms with Gasteiger partial charge in [0.05, 0.1) is 18.4 Å². The average Bonchev–Trinajstić information content (AvgIpc) is 3.27. The second kappa shape index (κ2) is 9.48. The predicted molar refractivity (Wildman–Crippen MR) is 114 cm³/mol. The van der Waals surface area contributed by atoms with Crippen molar-refractivity contribution >= 4 is 34.6 Å². The van der Waals surface area contributed by atoms with Crippen molar-refractivity contribution < 1.29 is 13.2 Å². The van der Waals surface area contributed by atoms with Crippen LogP contribution >= 0.6 is 23.8 Å². The molecule has 30 heavy (non-hydrogen) atoms. The average molecular weight is 457 g/mol. The van der Waals surface area contributed by atoms with Gasteiger partial charge in [0.2, 0.25) is 0 Å². The summed E-state index contributed by atoms with van der Waals surface area (Å²) in [5.74, 6) is 0. The molecule has 1 aromatic carbocycles. The lowest BCUT2D eigenvalue weighted by Crippen LogP contribution is -2.29. The molecule has 160 valence electrons. The minimum absolute atomic E-state index is 0.354. The Bertz CT molecular complexity index is 1010. The molecule has 0 atom stereocenters. The number of hydrogen-bond donors (Lipinski definition) is 2. The quantitative estimate of drug-likeness (QED) is 0.405. The summed E-state index contributed by atoms with van der Waals surface area (Å²) in [6.45, 7) is 2.97. The maximum atomic E-state index is 12.7. The van der Waals surface area contributed by atoms with Gasteiger partial charge in [-0.2, -0.15) is 23.4 Å². The summed E-state index contributed by atoms with van der Waals surface area (Å²) < 4.78 is 41.2. The Morgan fingerprint density at radius 2 is 2.03 bits per heavy atom. The van der Waals surface area contributed by atoms with Gasteiger partial charge < -0.3 is 10.6 Å². The van der Waals surface area contributed by atoms with Crippen LogP contribution in [0.25, 0.3) is 0 Å². The van der Waals surface area contributed by atoms with Gasteiger partial charge in [-0.15, -0.1) is 0 Å². The molecular formula is C19H20ClF3N6S. The molecule has 0 saturated carbocycles. The number of benzene rings is 1. The summed E-state index contributed by atoms with van der Waals surface area (Å²) in [7, 11) is 0. The van der Waals surface area contributed by atoms with Crippen LogP contribution in [-0.2, 0) is 19.3 Å². The monoisotopic (exact) mass is 456 g/mol. The third kappa shape index (κ3) is 5.96. The van der Waals surface area contributed by atoms with E-state index in [0.29, 0.717) is 41.9 Å². The highest BCUT2D eigenvalue weighted by Crippen LogP contribution is 2.28. The van der Waals surface area contributed by atoms with Gasteiger partial charge in [0.1, 0.15) is 0 Å². The van der Waals surface area contributed by atoms with Crippen molar-refractivity contribution in [1.82, 2.24) is 24.9 Å². The Balaban J connectivity index is 1.43. The van der Waals surface area contributed by atoms with Gasteiger partial charge in [0, 0.05) is 30.0 Å². The molecule has 6 nitrogen and oxygen atoms in total. The number of nitrogens with one attached hydrogen (secondary N) is 2. The van der Waals surface area contributed by atoms with Crippen LogP contribution in [0.4, 0.5) is 18.9 Å². The molecule has 11 heteroatoms. The highest BCUT2D eigenvalue weighted by atomic mass is 35.5. The Morgan fingerprint density at radius 1 is 1.27 bits per heavy atom. The lowest BCUT2D eigenvalue weighted by molar-refractivity contribution is -0.141. The number of alkyl halides is 3. The second-order valence-electron chi connectivity index (χ2n) is 6.64. The molecule has 0 radical (unpaired) electrons. The van der Waals surface area contributed by atoms with Gasteiger partial charge in [-0.1, -0.05) is 29.8 Å². The summed E-state index contributed by atoms with van der Waals surface area (Å²) in [4.78, 5) is 0. The van der Waals surface area contributed by atoms with E-state index in [1.54, 1.807) is 17.8 Å². The van der Waals surface area contributed by atoms with E-state index in [-0.39, 0.29) is 0 Å². The zero-order chi connectivity index (χ0) is 21.7. The van der Waals surface area contributed by atoms with Crippen molar-refractivity contribution in [2.75, 3.05) is 11.9 Å². The van der Waals surface area contributed by atoms with E-state index in [2.05, 4.69) is 20.8 Å². The Kier molecular flexibility index (Phi) is 6.99. The van der Waals surface area contributed by atoms with Crippen LogP contribution in [0.3, 0.4) is 0 Å². The van der Waals surface area contributed by atoms with E-state index in [4.69, 9.17) is 23.8 Å². The van der Waals surface area contributed by atoms with Crippen LogP contribution in [-0.4, -0.2) is 31.2 Å². The fourth-order valence-corrected chi connectivity index (χ4v) is 3.21. The first kappa shape index (κ1) is 22.1. The van der Waals surface area contributed by atoms with Gasteiger partial charge in [-0.25, -0.2) is 0 Å². The highest BCUT2D eigenvalue weighted by molar-refractivity contribution is 7.80. The number of aromatic nitrogens is 4. The van der Waals surface area contributed by atoms with Crippen LogP contribution in [0, 0.1) is 6.92 Å². The summed E-state index contributed by atoms with van der Waals surface area (Å²) in [6.07, 6.45) is -0.414. The van der Waals surface area contributed by atoms with Gasteiger partial charge in [-0.05, 0) is 43.3 Å². The molecular weight excluding hydrogens is 437 g/mol. The molecule has 0 aliphatic rings. The molecule has 0 spiro atoms. The molecule has 0 fully saturated rings. The van der Waals surface area contributed by atoms with Gasteiger partial charge >= 0.3 is 6.18 Å². The first-order valence-corrected chi connectivity index (χ1v) is 9.93. The Labute approximate surface area is 182 Å². The molecule has 3 aromatic rings. The molecule has 2 heterocycles. The molecule has 0 saturated heterocycles. The van der Waals surface area contributed by atoms with Gasteiger partial charge in [0.25, 0.3) is 0 Å². The number of hydrogen-bond acceptors (Lipinski definition) is 3. The highest BCUT2D eigenvalue weighted by Gasteiger charge is 2.34. The number of aryl methyl sites for hydroxylation is 2. The smallest absolute Gasteiger partial charge is 0.362 e. The molecule has 2 aromatic heterocycles. The summed E-state index contributed by atoms with van der Waals surface area (Å²) in [5.41, 5.74) is 1.27. The number of thiocarbonyl (C=S) groups is 1. The zero-order valence-corrected chi connectivity index (χ0v) is 17.7. The molecule has 0 aliphatic heterocycles. The van der Waals surface area contributed by atoms with E-state index >= 15 is 0 Å². The van der Waals surface area contributed by atoms with Crippen molar-refractivity contribution in [2.24, 2.45) is 0 Å². The van der Waals surface area contributed by atoms with Gasteiger partial charge in [0.15, 0.2) is 10.8 Å². The van der Waals surface area contributed by atoms with Crippen LogP contribution < -0.4 is 10.6 Å². The van der Waals surface area contributed by atoms with Crippen molar-refractivity contribution in [3.8, 4) is 0 Å². The topological polar surface area (TPSA) is 59.7 Å². The molecule has 0 unspecified atom stereocenters. The SMILES string of the molecule is Cc1cc(C(F)(F)F)nn1CCCNC(=S)Nc1cnn(Cc2ccccc2Cl)c1. The maximum absolute atomic E-state index is 12.7. The second-order valence-corrected chi connectivity index (χ2v) is 7.46. The Hall–Kier alpha value is -2.59. The molecule has 0 bridgehead atoms. The lowest BCUT2D eigenvalue weighted by atomic mass is 10.2. The standard InChI is InChI=1S/C19H20ClF3N6S/c1-13-9-17(19(21,22)23)27-29(13)8-4-7-24-18(30)26-15-10-25-28(12-15)11-14-5-2-3-6-16(14)20/h2-3,5-6,9-10,12H,4,7-8,11H2,1H3,(H2,24,26,30). The number of halogens is 4. The molecule has 0 amide bonds. The molecule has 2 N–H and O–H groups in total. The Morgan fingerprint density at radius 3 is 2.73 bits per heavy atom. The normalized spacial score (nSPS) is 11.5. The minimum atomic E-state index is -4.43. The van der Waals surface area contributed by atoms with E-state index < -0.39 is 11.9 Å². The van der Waals surface area contributed by atoms with Crippen molar-refractivity contribution in [3.63, 3.8) is 0 Å².